The summed E-state index contributed by atoms with van der Waals surface area (Å²) in [6.45, 7) is 3.84. The molecule has 1 fully saturated rings. The number of rotatable bonds is 5. The molecular formula is C21H25N3O4S. The van der Waals surface area contributed by atoms with Gasteiger partial charge in [-0.1, -0.05) is 6.07 Å². The van der Waals surface area contributed by atoms with Crippen LogP contribution < -0.4 is 4.72 Å². The van der Waals surface area contributed by atoms with Crippen molar-refractivity contribution in [1.29, 1.82) is 0 Å². The van der Waals surface area contributed by atoms with Crippen LogP contribution in [0.4, 0.5) is 0 Å². The molecule has 8 heteroatoms. The van der Waals surface area contributed by atoms with Gasteiger partial charge in [0.25, 0.3) is 5.91 Å². The number of nitrogens with zero attached hydrogens (tertiary/aromatic N) is 2. The Morgan fingerprint density at radius 1 is 1.31 bits per heavy atom. The monoisotopic (exact) mass is 415 g/mol. The molecule has 29 heavy (non-hydrogen) atoms. The Balaban J connectivity index is 1.50. The average molecular weight is 416 g/mol. The van der Waals surface area contributed by atoms with E-state index in [1.807, 2.05) is 19.1 Å². The Kier molecular flexibility index (Phi) is 5.67. The summed E-state index contributed by atoms with van der Waals surface area (Å²) in [7, 11) is -3.62. The van der Waals surface area contributed by atoms with Gasteiger partial charge in [0.05, 0.1) is 16.6 Å². The average Bonchev–Trinajstić information content (AvgIpc) is 3.25. The van der Waals surface area contributed by atoms with E-state index in [0.717, 1.165) is 29.5 Å². The first kappa shape index (κ1) is 20.0. The summed E-state index contributed by atoms with van der Waals surface area (Å²) in [6, 6.07) is 6.99. The molecule has 1 amide bonds. The quantitative estimate of drug-likeness (QED) is 0.807. The lowest BCUT2D eigenvalue weighted by molar-refractivity contribution is 0.0733. The number of hydrogen-bond donors (Lipinski definition) is 1. The predicted molar refractivity (Wildman–Crippen MR) is 108 cm³/mol. The predicted octanol–water partition coefficient (Wildman–Crippen LogP) is 2.05. The second-order valence-electron chi connectivity index (χ2n) is 7.58. The minimum atomic E-state index is -3.62. The van der Waals surface area contributed by atoms with Crippen LogP contribution in [0.3, 0.4) is 0 Å². The molecule has 1 atom stereocenters. The summed E-state index contributed by atoms with van der Waals surface area (Å²) < 4.78 is 33.5. The van der Waals surface area contributed by atoms with Gasteiger partial charge in [-0.2, -0.15) is 0 Å². The van der Waals surface area contributed by atoms with Crippen molar-refractivity contribution < 1.29 is 17.9 Å². The van der Waals surface area contributed by atoms with Gasteiger partial charge < -0.3 is 9.64 Å². The Hall–Kier alpha value is -2.29. The lowest BCUT2D eigenvalue weighted by Crippen LogP contribution is -2.36. The first-order valence-corrected chi connectivity index (χ1v) is 11.4. The molecule has 0 aliphatic carbocycles. The number of carbonyl (C=O) groups is 1. The van der Waals surface area contributed by atoms with E-state index in [4.69, 9.17) is 4.74 Å². The van der Waals surface area contributed by atoms with Crippen molar-refractivity contribution in [3.8, 4) is 0 Å². The SMILES string of the molecule is Cc1ccncc1C(=O)N1CCc2ccc(S(=O)(=O)NC[C@@H]3CCCO3)cc2C1. The van der Waals surface area contributed by atoms with Crippen LogP contribution in [0.15, 0.2) is 41.6 Å². The lowest BCUT2D eigenvalue weighted by Gasteiger charge is -2.29. The van der Waals surface area contributed by atoms with Gasteiger partial charge in [-0.05, 0) is 61.1 Å². The van der Waals surface area contributed by atoms with Gasteiger partial charge in [0.2, 0.25) is 10.0 Å². The van der Waals surface area contributed by atoms with Gasteiger partial charge in [0.1, 0.15) is 0 Å². The highest BCUT2D eigenvalue weighted by Crippen LogP contribution is 2.24. The van der Waals surface area contributed by atoms with Crippen molar-refractivity contribution in [2.45, 2.75) is 43.7 Å². The number of ether oxygens (including phenoxy) is 1. The lowest BCUT2D eigenvalue weighted by atomic mass is 9.99. The maximum Gasteiger partial charge on any atom is 0.255 e. The van der Waals surface area contributed by atoms with Crippen molar-refractivity contribution in [3.63, 3.8) is 0 Å². The third-order valence-corrected chi connectivity index (χ3v) is 7.00. The molecule has 1 aromatic carbocycles. The van der Waals surface area contributed by atoms with E-state index >= 15 is 0 Å². The number of sulfonamides is 1. The third kappa shape index (κ3) is 4.34. The molecule has 154 valence electrons. The fourth-order valence-corrected chi connectivity index (χ4v) is 4.94. The van der Waals surface area contributed by atoms with E-state index in [-0.39, 0.29) is 23.5 Å². The van der Waals surface area contributed by atoms with E-state index in [2.05, 4.69) is 9.71 Å². The highest BCUT2D eigenvalue weighted by molar-refractivity contribution is 7.89. The molecule has 0 radical (unpaired) electrons. The topological polar surface area (TPSA) is 88.6 Å². The summed E-state index contributed by atoms with van der Waals surface area (Å²) in [4.78, 5) is 18.9. The fourth-order valence-electron chi connectivity index (χ4n) is 3.82. The molecule has 0 unspecified atom stereocenters. The zero-order chi connectivity index (χ0) is 20.4. The molecule has 3 heterocycles. The van der Waals surface area contributed by atoms with E-state index < -0.39 is 10.0 Å². The van der Waals surface area contributed by atoms with Crippen LogP contribution in [0, 0.1) is 6.92 Å². The zero-order valence-electron chi connectivity index (χ0n) is 16.4. The smallest absolute Gasteiger partial charge is 0.255 e. The number of amides is 1. The van der Waals surface area contributed by atoms with Gasteiger partial charge in [0, 0.05) is 38.6 Å². The first-order chi connectivity index (χ1) is 13.9. The molecule has 1 N–H and O–H groups in total. The molecule has 0 spiro atoms. The van der Waals surface area contributed by atoms with Crippen molar-refractivity contribution in [3.05, 3.63) is 58.9 Å². The van der Waals surface area contributed by atoms with Crippen LogP contribution in [0.5, 0.6) is 0 Å². The van der Waals surface area contributed by atoms with Crippen LogP contribution in [0.2, 0.25) is 0 Å². The highest BCUT2D eigenvalue weighted by atomic mass is 32.2. The maximum absolute atomic E-state index is 12.9. The Morgan fingerprint density at radius 2 is 2.17 bits per heavy atom. The number of aryl methyl sites for hydroxylation is 1. The van der Waals surface area contributed by atoms with E-state index in [9.17, 15) is 13.2 Å². The largest absolute Gasteiger partial charge is 0.377 e. The van der Waals surface area contributed by atoms with Crippen LogP contribution in [0.25, 0.3) is 0 Å². The van der Waals surface area contributed by atoms with E-state index in [0.29, 0.717) is 31.7 Å². The zero-order valence-corrected chi connectivity index (χ0v) is 17.2. The number of nitrogens with one attached hydrogen (secondary N) is 1. The van der Waals surface area contributed by atoms with Crippen LogP contribution in [-0.2, 0) is 27.7 Å². The van der Waals surface area contributed by atoms with Gasteiger partial charge in [-0.25, -0.2) is 13.1 Å². The summed E-state index contributed by atoms with van der Waals surface area (Å²) in [6.07, 6.45) is 5.73. The Labute approximate surface area is 171 Å². The van der Waals surface area contributed by atoms with Gasteiger partial charge in [-0.3, -0.25) is 9.78 Å². The fraction of sp³-hybridized carbons (Fsp3) is 0.429. The molecule has 4 rings (SSSR count). The number of fused-ring (bicyclic) bond motifs is 1. The standard InChI is InChI=1S/C21H25N3O4S/c1-15-6-8-22-13-20(15)21(25)24-9-7-16-4-5-19(11-17(16)14-24)29(26,27)23-12-18-3-2-10-28-18/h4-6,8,11,13,18,23H,2-3,7,9-10,12,14H2,1H3/t18-/m0/s1. The first-order valence-electron chi connectivity index (χ1n) is 9.87. The number of aromatic nitrogens is 1. The van der Waals surface area contributed by atoms with Crippen LogP contribution in [0.1, 0.15) is 39.9 Å². The normalized spacial score (nSPS) is 19.2. The second kappa shape index (κ2) is 8.22. The molecule has 2 aliphatic rings. The van der Waals surface area contributed by atoms with Crippen molar-refractivity contribution in [1.82, 2.24) is 14.6 Å². The van der Waals surface area contributed by atoms with Gasteiger partial charge >= 0.3 is 0 Å². The number of benzene rings is 1. The number of pyridine rings is 1. The van der Waals surface area contributed by atoms with Crippen molar-refractivity contribution in [2.75, 3.05) is 19.7 Å². The maximum atomic E-state index is 12.9. The second-order valence-corrected chi connectivity index (χ2v) is 9.35. The van der Waals surface area contributed by atoms with Gasteiger partial charge in [-0.15, -0.1) is 0 Å². The summed E-state index contributed by atoms with van der Waals surface area (Å²) in [5.41, 5.74) is 3.41. The molecular weight excluding hydrogens is 390 g/mol. The third-order valence-electron chi connectivity index (χ3n) is 5.58. The highest BCUT2D eigenvalue weighted by Gasteiger charge is 2.25. The number of hydrogen-bond acceptors (Lipinski definition) is 5. The van der Waals surface area contributed by atoms with Crippen molar-refractivity contribution >= 4 is 15.9 Å². The minimum Gasteiger partial charge on any atom is -0.377 e. The summed E-state index contributed by atoms with van der Waals surface area (Å²) >= 11 is 0. The Morgan fingerprint density at radius 3 is 2.93 bits per heavy atom. The van der Waals surface area contributed by atoms with Gasteiger partial charge in [0.15, 0.2) is 0 Å². The molecule has 2 aromatic rings. The molecule has 1 saturated heterocycles. The molecule has 0 saturated carbocycles. The van der Waals surface area contributed by atoms with Crippen molar-refractivity contribution in [2.24, 2.45) is 0 Å². The Bertz CT molecular complexity index is 1020. The van der Waals surface area contributed by atoms with Crippen LogP contribution >= 0.6 is 0 Å². The van der Waals surface area contributed by atoms with E-state index in [1.165, 1.54) is 0 Å². The number of carbonyl (C=O) groups excluding carboxylic acids is 1. The van der Waals surface area contributed by atoms with Crippen LogP contribution in [-0.4, -0.2) is 50.0 Å². The molecule has 2 aliphatic heterocycles. The molecule has 7 nitrogen and oxygen atoms in total. The molecule has 0 bridgehead atoms. The minimum absolute atomic E-state index is 0.0572. The van der Waals surface area contributed by atoms with E-state index in [1.54, 1.807) is 29.4 Å². The summed E-state index contributed by atoms with van der Waals surface area (Å²) in [5, 5.41) is 0. The molecule has 1 aromatic heterocycles. The summed E-state index contributed by atoms with van der Waals surface area (Å²) in [5.74, 6) is -0.0778.